The average molecular weight is 530 g/mol. The first-order chi connectivity index (χ1) is 17.4. The van der Waals surface area contributed by atoms with Crippen LogP contribution in [-0.2, 0) is 11.1 Å². The van der Waals surface area contributed by atoms with E-state index in [9.17, 15) is 13.3 Å². The first kappa shape index (κ1) is 23.8. The van der Waals surface area contributed by atoms with Crippen molar-refractivity contribution in [3.8, 4) is 11.3 Å². The van der Waals surface area contributed by atoms with Crippen LogP contribution in [0.2, 0.25) is 5.02 Å². The number of rotatable bonds is 5. The molecule has 0 spiro atoms. The second kappa shape index (κ2) is 9.40. The molecule has 3 aliphatic rings. The maximum absolute atomic E-state index is 14.5. The summed E-state index contributed by atoms with van der Waals surface area (Å²) in [5, 5.41) is 3.89. The lowest BCUT2D eigenvalue weighted by Gasteiger charge is -2.32. The van der Waals surface area contributed by atoms with Gasteiger partial charge in [-0.3, -0.25) is 4.90 Å². The third kappa shape index (κ3) is 4.51. The summed E-state index contributed by atoms with van der Waals surface area (Å²) in [7, 11) is -2.46. The van der Waals surface area contributed by atoms with Gasteiger partial charge in [0.25, 0.3) is 0 Å². The summed E-state index contributed by atoms with van der Waals surface area (Å²) in [6, 6.07) is 10.6. The number of nitrogens with one attached hydrogen (secondary N) is 1. The predicted molar refractivity (Wildman–Crippen MR) is 140 cm³/mol. The highest BCUT2D eigenvalue weighted by Crippen LogP contribution is 2.48. The van der Waals surface area contributed by atoms with Crippen molar-refractivity contribution in [1.29, 1.82) is 0 Å². The van der Waals surface area contributed by atoms with Crippen molar-refractivity contribution in [1.82, 2.24) is 14.9 Å². The van der Waals surface area contributed by atoms with Gasteiger partial charge in [-0.1, -0.05) is 29.8 Å². The number of anilines is 2. The molecule has 0 amide bonds. The summed E-state index contributed by atoms with van der Waals surface area (Å²) in [5.74, 6) is -0.0868. The molecule has 3 heterocycles. The van der Waals surface area contributed by atoms with Crippen molar-refractivity contribution in [2.24, 2.45) is 0 Å². The van der Waals surface area contributed by atoms with Gasteiger partial charge in [0.1, 0.15) is 18.8 Å². The molecule has 2 aliphatic heterocycles. The average Bonchev–Trinajstić information content (AvgIpc) is 3.75. The molecule has 1 aliphatic carbocycles. The number of fused-ring (bicyclic) bond motifs is 1. The predicted octanol–water partition coefficient (Wildman–Crippen LogP) is 4.97. The van der Waals surface area contributed by atoms with E-state index < -0.39 is 18.8 Å². The number of aromatic nitrogens is 2. The van der Waals surface area contributed by atoms with Crippen LogP contribution < -0.4 is 15.5 Å². The lowest BCUT2D eigenvalue weighted by molar-refractivity contribution is 0.285. The Labute approximate surface area is 214 Å². The van der Waals surface area contributed by atoms with Crippen LogP contribution in [0, 0.1) is 11.6 Å². The lowest BCUT2D eigenvalue weighted by atomic mass is 10.1. The number of halogens is 3. The van der Waals surface area contributed by atoms with E-state index in [1.54, 1.807) is 6.20 Å². The van der Waals surface area contributed by atoms with Crippen LogP contribution in [0.3, 0.4) is 0 Å². The smallest absolute Gasteiger partial charge is 0.172 e. The topological polar surface area (TPSA) is 61.4 Å². The van der Waals surface area contributed by atoms with Gasteiger partial charge in [0, 0.05) is 67.5 Å². The second-order valence-corrected chi connectivity index (χ2v) is 13.3. The number of nitrogens with zero attached hydrogens (tertiary/aromatic N) is 4. The maximum Gasteiger partial charge on any atom is 0.172 e. The molecule has 3 aromatic rings. The van der Waals surface area contributed by atoms with Crippen LogP contribution in [-0.4, -0.2) is 59.4 Å². The normalized spacial score (nSPS) is 19.6. The molecule has 0 radical (unpaired) electrons. The molecule has 1 aromatic heterocycles. The van der Waals surface area contributed by atoms with Gasteiger partial charge in [-0.25, -0.2) is 18.7 Å². The van der Waals surface area contributed by atoms with E-state index in [4.69, 9.17) is 16.6 Å². The van der Waals surface area contributed by atoms with E-state index >= 15 is 0 Å². The van der Waals surface area contributed by atoms with Gasteiger partial charge < -0.3 is 14.8 Å². The fourth-order valence-corrected chi connectivity index (χ4v) is 7.97. The van der Waals surface area contributed by atoms with Crippen LogP contribution >= 0.6 is 18.7 Å². The van der Waals surface area contributed by atoms with Crippen LogP contribution in [0.15, 0.2) is 42.6 Å². The zero-order valence-corrected chi connectivity index (χ0v) is 21.4. The Morgan fingerprint density at radius 1 is 1.08 bits per heavy atom. The lowest BCUT2D eigenvalue weighted by Crippen LogP contribution is -2.38. The molecule has 1 saturated heterocycles. The fourth-order valence-electron chi connectivity index (χ4n) is 5.12. The summed E-state index contributed by atoms with van der Waals surface area (Å²) in [6.45, 7) is 2.98. The van der Waals surface area contributed by atoms with E-state index in [0.29, 0.717) is 48.8 Å². The summed E-state index contributed by atoms with van der Waals surface area (Å²) >= 11 is 6.08. The van der Waals surface area contributed by atoms with Gasteiger partial charge in [-0.05, 0) is 31.0 Å². The third-order valence-electron chi connectivity index (χ3n) is 7.39. The summed E-state index contributed by atoms with van der Waals surface area (Å²) in [4.78, 5) is 13.7. The minimum absolute atomic E-state index is 0.0714. The van der Waals surface area contributed by atoms with Crippen molar-refractivity contribution in [3.63, 3.8) is 0 Å². The number of hydrogen-bond donors (Lipinski definition) is 1. The minimum Gasteiger partial charge on any atom is -0.365 e. The highest BCUT2D eigenvalue weighted by Gasteiger charge is 2.37. The molecule has 10 heteroatoms. The Morgan fingerprint density at radius 3 is 2.64 bits per heavy atom. The van der Waals surface area contributed by atoms with Crippen molar-refractivity contribution in [2.75, 3.05) is 48.7 Å². The first-order valence-corrected chi connectivity index (χ1v) is 14.8. The molecule has 2 aromatic carbocycles. The Hall–Kier alpha value is -2.54. The first-order valence-electron chi connectivity index (χ1n) is 12.3. The van der Waals surface area contributed by atoms with Crippen LogP contribution in [0.5, 0.6) is 0 Å². The van der Waals surface area contributed by atoms with E-state index in [-0.39, 0.29) is 17.1 Å². The molecule has 188 valence electrons. The third-order valence-corrected chi connectivity index (χ3v) is 10.9. The molecule has 36 heavy (non-hydrogen) atoms. The Kier molecular flexibility index (Phi) is 6.22. The van der Waals surface area contributed by atoms with Gasteiger partial charge in [0.05, 0.1) is 16.9 Å². The van der Waals surface area contributed by atoms with Crippen LogP contribution in [0.4, 0.5) is 20.4 Å². The van der Waals surface area contributed by atoms with Crippen molar-refractivity contribution in [2.45, 2.75) is 25.4 Å². The maximum atomic E-state index is 14.5. The van der Waals surface area contributed by atoms with E-state index in [1.807, 2.05) is 29.2 Å². The van der Waals surface area contributed by atoms with Gasteiger partial charge in [0.2, 0.25) is 0 Å². The molecule has 2 fully saturated rings. The standard InChI is InChI=1S/C26H27ClF2N5OP/c27-24-20(21(28)6-7-22(24)29)16-34-9-8-30-25-26(34)32-23(15-31-25)17-2-1-3-19(14-17)36(35)12-10-33(11-13-36)18-4-5-18/h1-3,6-7,14-15,18H,4-5,8-13,16H2,(H,30,31). The molecular weight excluding hydrogens is 503 g/mol. The quantitative estimate of drug-likeness (QED) is 0.372. The fraction of sp³-hybridized carbons (Fsp3) is 0.385. The molecule has 0 unspecified atom stereocenters. The van der Waals surface area contributed by atoms with Gasteiger partial charge >= 0.3 is 0 Å². The molecule has 0 bridgehead atoms. The zero-order chi connectivity index (χ0) is 24.9. The van der Waals surface area contributed by atoms with E-state index in [0.717, 1.165) is 36.1 Å². The molecule has 1 saturated carbocycles. The van der Waals surface area contributed by atoms with E-state index in [1.165, 1.54) is 12.8 Å². The molecule has 0 atom stereocenters. The molecule has 6 nitrogen and oxygen atoms in total. The van der Waals surface area contributed by atoms with E-state index in [2.05, 4.69) is 15.2 Å². The summed E-state index contributed by atoms with van der Waals surface area (Å²) in [5.41, 5.74) is 1.57. The van der Waals surface area contributed by atoms with Crippen molar-refractivity contribution in [3.05, 3.63) is 64.8 Å². The highest BCUT2D eigenvalue weighted by atomic mass is 35.5. The van der Waals surface area contributed by atoms with Gasteiger partial charge in [0.15, 0.2) is 11.6 Å². The zero-order valence-electron chi connectivity index (χ0n) is 19.8. The Bertz CT molecular complexity index is 1360. The van der Waals surface area contributed by atoms with Crippen molar-refractivity contribution < 1.29 is 13.3 Å². The number of benzene rings is 2. The van der Waals surface area contributed by atoms with Crippen LogP contribution in [0.25, 0.3) is 11.3 Å². The second-order valence-electron chi connectivity index (χ2n) is 9.75. The van der Waals surface area contributed by atoms with Gasteiger partial charge in [-0.15, -0.1) is 0 Å². The SMILES string of the molecule is O=P1(c2cccc(-c3cnc4c(n3)N(Cc3c(F)ccc(F)c3Cl)CCN4)c2)CCN(C2CC2)CC1. The largest absolute Gasteiger partial charge is 0.365 e. The van der Waals surface area contributed by atoms with Crippen molar-refractivity contribution >= 4 is 35.7 Å². The van der Waals surface area contributed by atoms with Gasteiger partial charge in [-0.2, -0.15) is 0 Å². The minimum atomic E-state index is -2.46. The monoisotopic (exact) mass is 529 g/mol. The molecular formula is C26H27ClF2N5OP. The van der Waals surface area contributed by atoms with Crippen LogP contribution in [0.1, 0.15) is 18.4 Å². The Morgan fingerprint density at radius 2 is 1.86 bits per heavy atom. The highest BCUT2D eigenvalue weighted by molar-refractivity contribution is 7.71. The molecule has 1 N–H and O–H groups in total. The summed E-state index contributed by atoms with van der Waals surface area (Å²) < 4.78 is 42.3. The summed E-state index contributed by atoms with van der Waals surface area (Å²) in [6.07, 6.45) is 5.64. The Balaban J connectivity index is 1.28. The molecule has 6 rings (SSSR count). The number of hydrogen-bond acceptors (Lipinski definition) is 6.